The molecule has 142 valence electrons. The molecule has 1 heterocycles. The molecule has 6 heteroatoms. The number of hydrogen-bond donors (Lipinski definition) is 1. The van der Waals surface area contributed by atoms with Gasteiger partial charge < -0.3 is 10.1 Å². The molecule has 2 aromatic carbocycles. The van der Waals surface area contributed by atoms with Crippen LogP contribution < -0.4 is 15.6 Å². The van der Waals surface area contributed by atoms with Crippen molar-refractivity contribution in [3.05, 3.63) is 100 Å². The second kappa shape index (κ2) is 8.81. The number of hydrogen-bond acceptors (Lipinski definition) is 4. The highest BCUT2D eigenvalue weighted by Gasteiger charge is 2.29. The van der Waals surface area contributed by atoms with E-state index >= 15 is 0 Å². The van der Waals surface area contributed by atoms with Crippen molar-refractivity contribution >= 4 is 11.7 Å². The number of carbonyl (C=O) groups is 2. The molecule has 1 N–H and O–H groups in total. The molecule has 0 radical (unpaired) electrons. The summed E-state index contributed by atoms with van der Waals surface area (Å²) in [5.41, 5.74) is 0.791. The Labute approximate surface area is 162 Å². The van der Waals surface area contributed by atoms with E-state index in [0.29, 0.717) is 11.3 Å². The highest BCUT2D eigenvalue weighted by molar-refractivity contribution is 6.11. The molecule has 0 spiro atoms. The fraction of sp³-hybridized carbons (Fsp3) is 0.136. The number of aromatic nitrogens is 1. The van der Waals surface area contributed by atoms with Crippen molar-refractivity contribution in [1.29, 1.82) is 0 Å². The number of nitrogens with one attached hydrogen (secondary N) is 1. The maximum atomic E-state index is 13.0. The van der Waals surface area contributed by atoms with Crippen molar-refractivity contribution in [2.75, 3.05) is 7.11 Å². The molecule has 0 aliphatic heterocycles. The molecule has 0 unspecified atom stereocenters. The van der Waals surface area contributed by atoms with Gasteiger partial charge in [0.05, 0.1) is 7.11 Å². The van der Waals surface area contributed by atoms with Crippen LogP contribution in [0.2, 0.25) is 0 Å². The summed E-state index contributed by atoms with van der Waals surface area (Å²) in [6.45, 7) is 0.225. The Kier molecular flexibility index (Phi) is 6.01. The fourth-order valence-electron chi connectivity index (χ4n) is 2.81. The molecule has 1 atom stereocenters. The second-order valence-corrected chi connectivity index (χ2v) is 6.14. The van der Waals surface area contributed by atoms with E-state index in [0.717, 1.165) is 10.1 Å². The van der Waals surface area contributed by atoms with Crippen LogP contribution in [0.5, 0.6) is 5.75 Å². The van der Waals surface area contributed by atoms with Gasteiger partial charge in [0.1, 0.15) is 5.75 Å². The zero-order valence-electron chi connectivity index (χ0n) is 15.4. The molecule has 3 aromatic rings. The van der Waals surface area contributed by atoms with Crippen molar-refractivity contribution in [3.8, 4) is 5.75 Å². The number of benzene rings is 2. The van der Waals surface area contributed by atoms with Gasteiger partial charge in [0.15, 0.2) is 11.8 Å². The molecule has 1 amide bonds. The Balaban J connectivity index is 1.85. The van der Waals surface area contributed by atoms with Crippen molar-refractivity contribution in [2.45, 2.75) is 12.6 Å². The highest BCUT2D eigenvalue weighted by Crippen LogP contribution is 2.15. The van der Waals surface area contributed by atoms with Crippen LogP contribution in [-0.4, -0.2) is 23.4 Å². The number of amides is 1. The van der Waals surface area contributed by atoms with E-state index in [-0.39, 0.29) is 6.54 Å². The molecule has 6 nitrogen and oxygen atoms in total. The first-order valence-corrected chi connectivity index (χ1v) is 8.77. The molecule has 0 aliphatic rings. The molecule has 28 heavy (non-hydrogen) atoms. The third-order valence-electron chi connectivity index (χ3n) is 4.31. The third-order valence-corrected chi connectivity index (χ3v) is 4.31. The Hall–Kier alpha value is -3.67. The van der Waals surface area contributed by atoms with Gasteiger partial charge in [-0.25, -0.2) is 0 Å². The SMILES string of the molecule is COc1ccc(CNC(=O)[C@H](C(=O)c2ccccc2)n2ccccc2=O)cc1. The van der Waals surface area contributed by atoms with E-state index in [1.165, 1.54) is 12.3 Å². The molecule has 0 saturated carbocycles. The second-order valence-electron chi connectivity index (χ2n) is 6.14. The van der Waals surface area contributed by atoms with Gasteiger partial charge in [-0.05, 0) is 23.8 Å². The molecule has 0 aliphatic carbocycles. The third kappa shape index (κ3) is 4.35. The van der Waals surface area contributed by atoms with Crippen LogP contribution in [0.15, 0.2) is 83.8 Å². The van der Waals surface area contributed by atoms with E-state index < -0.39 is 23.3 Å². The smallest absolute Gasteiger partial charge is 0.251 e. The van der Waals surface area contributed by atoms with E-state index in [1.807, 2.05) is 12.1 Å². The quantitative estimate of drug-likeness (QED) is 0.508. The summed E-state index contributed by atoms with van der Waals surface area (Å²) in [5.74, 6) is -0.276. The zero-order valence-corrected chi connectivity index (χ0v) is 15.4. The summed E-state index contributed by atoms with van der Waals surface area (Å²) in [7, 11) is 1.58. The average Bonchev–Trinajstić information content (AvgIpc) is 2.74. The minimum atomic E-state index is -1.28. The molecule has 0 fully saturated rings. The molecular weight excluding hydrogens is 356 g/mol. The van der Waals surface area contributed by atoms with Gasteiger partial charge in [0.25, 0.3) is 11.5 Å². The number of ether oxygens (including phenoxy) is 1. The van der Waals surface area contributed by atoms with Crippen LogP contribution in [0.1, 0.15) is 22.0 Å². The van der Waals surface area contributed by atoms with Gasteiger partial charge in [-0.3, -0.25) is 19.0 Å². The van der Waals surface area contributed by atoms with Crippen molar-refractivity contribution in [2.24, 2.45) is 0 Å². The minimum Gasteiger partial charge on any atom is -0.497 e. The number of methoxy groups -OCH3 is 1. The Morgan fingerprint density at radius 3 is 2.29 bits per heavy atom. The van der Waals surface area contributed by atoms with Crippen LogP contribution in [0, 0.1) is 0 Å². The van der Waals surface area contributed by atoms with Crippen molar-refractivity contribution in [1.82, 2.24) is 9.88 Å². The number of rotatable bonds is 7. The molecule has 0 saturated heterocycles. The predicted octanol–water partition coefficient (Wildman–Crippen LogP) is 2.60. The maximum Gasteiger partial charge on any atom is 0.251 e. The number of Topliss-reactive ketones (excluding diaryl/α,β-unsaturated/α-hetero) is 1. The number of pyridine rings is 1. The fourth-order valence-corrected chi connectivity index (χ4v) is 2.81. The minimum absolute atomic E-state index is 0.225. The van der Waals surface area contributed by atoms with Gasteiger partial charge in [0, 0.05) is 24.4 Å². The maximum absolute atomic E-state index is 13.0. The summed E-state index contributed by atoms with van der Waals surface area (Å²) in [6.07, 6.45) is 1.45. The first-order chi connectivity index (χ1) is 13.6. The first kappa shape index (κ1) is 19.1. The number of carbonyl (C=O) groups excluding carboxylic acids is 2. The summed E-state index contributed by atoms with van der Waals surface area (Å²) >= 11 is 0. The van der Waals surface area contributed by atoms with Gasteiger partial charge in [-0.2, -0.15) is 0 Å². The standard InChI is InChI=1S/C22H20N2O4/c1-28-18-12-10-16(11-13-18)15-23-22(27)20(24-14-6-5-9-19(24)25)21(26)17-7-3-2-4-8-17/h2-14,20H,15H2,1H3,(H,23,27)/t20-/m0/s1. The van der Waals surface area contributed by atoms with Gasteiger partial charge in [-0.15, -0.1) is 0 Å². The molecule has 1 aromatic heterocycles. The van der Waals surface area contributed by atoms with Gasteiger partial charge >= 0.3 is 0 Å². The Bertz CT molecular complexity index is 1010. The first-order valence-electron chi connectivity index (χ1n) is 8.77. The van der Waals surface area contributed by atoms with Crippen LogP contribution in [-0.2, 0) is 11.3 Å². The summed E-state index contributed by atoms with van der Waals surface area (Å²) in [5, 5.41) is 2.75. The lowest BCUT2D eigenvalue weighted by Gasteiger charge is -2.18. The lowest BCUT2D eigenvalue weighted by molar-refractivity contribution is -0.123. The topological polar surface area (TPSA) is 77.4 Å². The van der Waals surface area contributed by atoms with E-state index in [4.69, 9.17) is 4.74 Å². The van der Waals surface area contributed by atoms with Crippen LogP contribution in [0.4, 0.5) is 0 Å². The molecular formula is C22H20N2O4. The predicted molar refractivity (Wildman–Crippen MR) is 105 cm³/mol. The molecule has 0 bridgehead atoms. The Morgan fingerprint density at radius 2 is 1.64 bits per heavy atom. The van der Waals surface area contributed by atoms with Crippen LogP contribution in [0.3, 0.4) is 0 Å². The molecule has 3 rings (SSSR count). The van der Waals surface area contributed by atoms with Crippen molar-refractivity contribution in [3.63, 3.8) is 0 Å². The van der Waals surface area contributed by atoms with Gasteiger partial charge in [0.2, 0.25) is 0 Å². The summed E-state index contributed by atoms with van der Waals surface area (Å²) in [6, 6.07) is 18.9. The van der Waals surface area contributed by atoms with E-state index in [1.54, 1.807) is 61.7 Å². The zero-order chi connectivity index (χ0) is 19.9. The lowest BCUT2D eigenvalue weighted by atomic mass is 10.0. The number of ketones is 1. The van der Waals surface area contributed by atoms with Crippen LogP contribution in [0.25, 0.3) is 0 Å². The van der Waals surface area contributed by atoms with Gasteiger partial charge in [-0.1, -0.05) is 48.5 Å². The van der Waals surface area contributed by atoms with E-state index in [2.05, 4.69) is 5.32 Å². The number of nitrogens with zero attached hydrogens (tertiary/aromatic N) is 1. The monoisotopic (exact) mass is 376 g/mol. The van der Waals surface area contributed by atoms with E-state index in [9.17, 15) is 14.4 Å². The largest absolute Gasteiger partial charge is 0.497 e. The lowest BCUT2D eigenvalue weighted by Crippen LogP contribution is -2.41. The van der Waals surface area contributed by atoms with Crippen LogP contribution >= 0.6 is 0 Å². The normalized spacial score (nSPS) is 11.5. The average molecular weight is 376 g/mol. The summed E-state index contributed by atoms with van der Waals surface area (Å²) < 4.78 is 6.27. The van der Waals surface area contributed by atoms with Crippen molar-refractivity contribution < 1.29 is 14.3 Å². The highest BCUT2D eigenvalue weighted by atomic mass is 16.5. The summed E-state index contributed by atoms with van der Waals surface area (Å²) in [4.78, 5) is 38.1. The Morgan fingerprint density at radius 1 is 0.964 bits per heavy atom.